The Morgan fingerprint density at radius 1 is 1.42 bits per heavy atom. The third-order valence-corrected chi connectivity index (χ3v) is 1.40. The van der Waals surface area contributed by atoms with Crippen molar-refractivity contribution < 1.29 is 14.3 Å². The molecule has 0 saturated heterocycles. The zero-order valence-electron chi connectivity index (χ0n) is 7.50. The van der Waals surface area contributed by atoms with Crippen molar-refractivity contribution in [2.45, 2.75) is 32.7 Å². The van der Waals surface area contributed by atoms with Crippen LogP contribution in [0.4, 0.5) is 0 Å². The van der Waals surface area contributed by atoms with Gasteiger partial charge in [0.15, 0.2) is 11.8 Å². The number of ether oxygens (including phenoxy) is 1. The lowest BCUT2D eigenvalue weighted by Crippen LogP contribution is -2.39. The topological polar surface area (TPSA) is 69.4 Å². The molecule has 0 aliphatic rings. The van der Waals surface area contributed by atoms with E-state index in [0.29, 0.717) is 6.61 Å². The maximum atomic E-state index is 10.9. The fraction of sp³-hybridized carbons (Fsp3) is 0.750. The maximum Gasteiger partial charge on any atom is 0.330 e. The van der Waals surface area contributed by atoms with Gasteiger partial charge in [-0.3, -0.25) is 4.79 Å². The first kappa shape index (κ1) is 11.1. The predicted molar refractivity (Wildman–Crippen MR) is 44.5 cm³/mol. The van der Waals surface area contributed by atoms with Crippen LogP contribution in [0.2, 0.25) is 0 Å². The molecule has 2 N–H and O–H groups in total. The second kappa shape index (κ2) is 5.71. The summed E-state index contributed by atoms with van der Waals surface area (Å²) in [6, 6.07) is -1.10. The van der Waals surface area contributed by atoms with Crippen molar-refractivity contribution in [1.82, 2.24) is 0 Å². The number of nitrogens with two attached hydrogens (primary N) is 1. The van der Waals surface area contributed by atoms with Gasteiger partial charge in [-0.15, -0.1) is 0 Å². The van der Waals surface area contributed by atoms with Crippen LogP contribution < -0.4 is 5.73 Å². The van der Waals surface area contributed by atoms with Gasteiger partial charge in [-0.05, 0) is 6.42 Å². The Morgan fingerprint density at radius 3 is 2.42 bits per heavy atom. The monoisotopic (exact) mass is 173 g/mol. The molecule has 1 unspecified atom stereocenters. The van der Waals surface area contributed by atoms with E-state index >= 15 is 0 Å². The number of ketones is 1. The fourth-order valence-electron chi connectivity index (χ4n) is 0.644. The van der Waals surface area contributed by atoms with Crippen LogP contribution in [0.25, 0.3) is 0 Å². The van der Waals surface area contributed by atoms with Crippen molar-refractivity contribution in [2.75, 3.05) is 6.61 Å². The van der Waals surface area contributed by atoms with E-state index in [1.165, 1.54) is 0 Å². The normalized spacial score (nSPS) is 12.2. The van der Waals surface area contributed by atoms with Gasteiger partial charge in [-0.25, -0.2) is 4.79 Å². The minimum absolute atomic E-state index is 0.266. The first-order valence-electron chi connectivity index (χ1n) is 4.08. The Hall–Kier alpha value is -0.900. The molecule has 0 heterocycles. The molecule has 0 aromatic heterocycles. The van der Waals surface area contributed by atoms with E-state index in [1.807, 2.05) is 6.92 Å². The van der Waals surface area contributed by atoms with Crippen LogP contribution in [0.1, 0.15) is 26.7 Å². The van der Waals surface area contributed by atoms with Crippen LogP contribution in [-0.2, 0) is 14.3 Å². The summed E-state index contributed by atoms with van der Waals surface area (Å²) in [5.41, 5.74) is 5.29. The molecule has 0 aliphatic carbocycles. The Labute approximate surface area is 72.1 Å². The molecule has 0 fully saturated rings. The highest BCUT2D eigenvalue weighted by molar-refractivity contribution is 6.02. The van der Waals surface area contributed by atoms with Crippen molar-refractivity contribution in [3.63, 3.8) is 0 Å². The van der Waals surface area contributed by atoms with E-state index in [2.05, 4.69) is 0 Å². The van der Waals surface area contributed by atoms with Crippen molar-refractivity contribution in [1.29, 1.82) is 0 Å². The molecule has 0 radical (unpaired) electrons. The molecule has 0 rings (SSSR count). The van der Waals surface area contributed by atoms with E-state index in [4.69, 9.17) is 10.5 Å². The van der Waals surface area contributed by atoms with Crippen LogP contribution in [-0.4, -0.2) is 24.4 Å². The minimum atomic E-state index is -1.10. The van der Waals surface area contributed by atoms with Crippen molar-refractivity contribution >= 4 is 11.8 Å². The summed E-state index contributed by atoms with van der Waals surface area (Å²) in [7, 11) is 0. The Kier molecular flexibility index (Phi) is 5.28. The molecule has 0 saturated carbocycles. The summed E-state index contributed by atoms with van der Waals surface area (Å²) < 4.78 is 4.69. The lowest BCUT2D eigenvalue weighted by atomic mass is 10.1. The third-order valence-electron chi connectivity index (χ3n) is 1.40. The molecule has 0 bridgehead atoms. The van der Waals surface area contributed by atoms with E-state index in [9.17, 15) is 9.59 Å². The van der Waals surface area contributed by atoms with Gasteiger partial charge in [0.1, 0.15) is 0 Å². The molecular weight excluding hydrogens is 158 g/mol. The zero-order chi connectivity index (χ0) is 9.56. The first-order valence-corrected chi connectivity index (χ1v) is 4.08. The van der Waals surface area contributed by atoms with Gasteiger partial charge in [0.2, 0.25) is 0 Å². The molecule has 70 valence electrons. The summed E-state index contributed by atoms with van der Waals surface area (Å²) in [6.45, 7) is 3.86. The summed E-state index contributed by atoms with van der Waals surface area (Å²) in [6.07, 6.45) is 1.00. The number of carbonyl (C=O) groups is 2. The zero-order valence-corrected chi connectivity index (χ0v) is 7.50. The quantitative estimate of drug-likeness (QED) is 0.478. The lowest BCUT2D eigenvalue weighted by Gasteiger charge is -2.08. The number of esters is 1. The van der Waals surface area contributed by atoms with Crippen molar-refractivity contribution in [3.8, 4) is 0 Å². The molecule has 1 atom stereocenters. The number of carbonyl (C=O) groups excluding carboxylic acids is 2. The van der Waals surface area contributed by atoms with Crippen LogP contribution in [0.5, 0.6) is 0 Å². The first-order chi connectivity index (χ1) is 5.63. The molecule has 4 nitrogen and oxygen atoms in total. The van der Waals surface area contributed by atoms with E-state index in [-0.39, 0.29) is 12.2 Å². The summed E-state index contributed by atoms with van der Waals surface area (Å²) in [5, 5.41) is 0. The van der Waals surface area contributed by atoms with Gasteiger partial charge < -0.3 is 10.5 Å². The second-order valence-corrected chi connectivity index (χ2v) is 2.47. The number of Topliss-reactive ketones (excluding diaryl/α,β-unsaturated/α-hetero) is 1. The summed E-state index contributed by atoms with van der Waals surface area (Å²) in [4.78, 5) is 21.8. The van der Waals surface area contributed by atoms with E-state index in [1.54, 1.807) is 6.92 Å². The van der Waals surface area contributed by atoms with Gasteiger partial charge in [0.25, 0.3) is 0 Å². The van der Waals surface area contributed by atoms with Crippen LogP contribution in [0.15, 0.2) is 0 Å². The smallest absolute Gasteiger partial charge is 0.330 e. The average Bonchev–Trinajstić information content (AvgIpc) is 2.11. The van der Waals surface area contributed by atoms with Gasteiger partial charge in [-0.1, -0.05) is 13.8 Å². The van der Waals surface area contributed by atoms with E-state index < -0.39 is 12.0 Å². The maximum absolute atomic E-state index is 10.9. The Morgan fingerprint density at radius 2 is 2.00 bits per heavy atom. The molecule has 0 aromatic rings. The van der Waals surface area contributed by atoms with Crippen molar-refractivity contribution in [2.24, 2.45) is 5.73 Å². The van der Waals surface area contributed by atoms with Gasteiger partial charge in [-0.2, -0.15) is 0 Å². The number of rotatable bonds is 5. The largest absolute Gasteiger partial charge is 0.464 e. The molecule has 0 spiro atoms. The number of hydrogen-bond donors (Lipinski definition) is 1. The highest BCUT2D eigenvalue weighted by Crippen LogP contribution is 1.92. The average molecular weight is 173 g/mol. The fourth-order valence-corrected chi connectivity index (χ4v) is 0.644. The Balaban J connectivity index is 3.84. The SMILES string of the molecule is CCCOC(=O)C(N)C(=O)CC. The Bertz CT molecular complexity index is 168. The minimum Gasteiger partial charge on any atom is -0.464 e. The molecule has 0 amide bonds. The highest BCUT2D eigenvalue weighted by Gasteiger charge is 2.21. The van der Waals surface area contributed by atoms with Crippen molar-refractivity contribution in [3.05, 3.63) is 0 Å². The molecular formula is C8H15NO3. The van der Waals surface area contributed by atoms with Gasteiger partial charge in [0, 0.05) is 6.42 Å². The van der Waals surface area contributed by atoms with Crippen LogP contribution in [0.3, 0.4) is 0 Å². The second-order valence-electron chi connectivity index (χ2n) is 2.47. The lowest BCUT2D eigenvalue weighted by molar-refractivity contribution is -0.147. The third kappa shape index (κ3) is 3.48. The summed E-state index contributed by atoms with van der Waals surface area (Å²) >= 11 is 0. The van der Waals surface area contributed by atoms with Crippen LogP contribution >= 0.6 is 0 Å². The van der Waals surface area contributed by atoms with Gasteiger partial charge >= 0.3 is 5.97 Å². The molecule has 12 heavy (non-hydrogen) atoms. The standard InChI is InChI=1S/C8H15NO3/c1-3-5-12-8(11)7(9)6(10)4-2/h7H,3-5,9H2,1-2H3. The van der Waals surface area contributed by atoms with Crippen LogP contribution in [0, 0.1) is 0 Å². The molecule has 4 heteroatoms. The van der Waals surface area contributed by atoms with Gasteiger partial charge in [0.05, 0.1) is 6.61 Å². The molecule has 0 aliphatic heterocycles. The molecule has 0 aromatic carbocycles. The highest BCUT2D eigenvalue weighted by atomic mass is 16.5. The predicted octanol–water partition coefficient (Wildman–Crippen LogP) is 0.246. The summed E-state index contributed by atoms with van der Waals surface area (Å²) in [5.74, 6) is -0.903. The number of hydrogen-bond acceptors (Lipinski definition) is 4. The van der Waals surface area contributed by atoms with E-state index in [0.717, 1.165) is 6.42 Å².